The molecule has 6 heteroatoms. The summed E-state index contributed by atoms with van der Waals surface area (Å²) >= 11 is 0. The van der Waals surface area contributed by atoms with E-state index < -0.39 is 11.4 Å². The van der Waals surface area contributed by atoms with Crippen molar-refractivity contribution in [1.82, 2.24) is 10.3 Å². The average Bonchev–Trinajstić information content (AvgIpc) is 2.45. The third-order valence-electron chi connectivity index (χ3n) is 5.95. The van der Waals surface area contributed by atoms with Gasteiger partial charge in [0, 0.05) is 23.4 Å². The maximum atomic E-state index is 13.2. The predicted octanol–water partition coefficient (Wildman–Crippen LogP) is 1.77. The first kappa shape index (κ1) is 14.6. The minimum absolute atomic E-state index is 0.236. The molecule has 1 aromatic heterocycles. The lowest BCUT2D eigenvalue weighted by atomic mass is 9.46. The van der Waals surface area contributed by atoms with Crippen molar-refractivity contribution in [3.05, 3.63) is 29.8 Å². The Morgan fingerprint density at radius 2 is 1.96 bits per heavy atom. The lowest BCUT2D eigenvalue weighted by molar-refractivity contribution is -0.146. The molecule has 1 heterocycles. The summed E-state index contributed by atoms with van der Waals surface area (Å²) in [5, 5.41) is 3.11. The van der Waals surface area contributed by atoms with E-state index in [9.17, 15) is 14.0 Å². The van der Waals surface area contributed by atoms with Gasteiger partial charge in [-0.3, -0.25) is 9.59 Å². The standard InChI is InChI=1S/C17H20FN3O2/c18-13-4-12(1-2-20-13)14(22)21-17-7-10-3-11(8-17)6-16(5-10,9-17)15(19)23/h1-2,4,10-11H,3,5-9H2,(H2,19,23)(H,21,22). The molecule has 4 bridgehead atoms. The van der Waals surface area contributed by atoms with Gasteiger partial charge in [-0.15, -0.1) is 0 Å². The van der Waals surface area contributed by atoms with Crippen molar-refractivity contribution >= 4 is 11.8 Å². The molecule has 0 radical (unpaired) electrons. The molecule has 0 saturated heterocycles. The van der Waals surface area contributed by atoms with Gasteiger partial charge in [0.25, 0.3) is 5.91 Å². The molecule has 2 atom stereocenters. The second-order valence-corrected chi connectivity index (χ2v) is 7.71. The Hall–Kier alpha value is -1.98. The molecular formula is C17H20FN3O2. The molecule has 0 aromatic carbocycles. The van der Waals surface area contributed by atoms with Gasteiger partial charge in [0.2, 0.25) is 11.9 Å². The van der Waals surface area contributed by atoms with Crippen LogP contribution in [0.15, 0.2) is 18.3 Å². The molecule has 4 aliphatic carbocycles. The van der Waals surface area contributed by atoms with Crippen molar-refractivity contribution in [2.75, 3.05) is 0 Å². The van der Waals surface area contributed by atoms with E-state index in [-0.39, 0.29) is 22.9 Å². The third-order valence-corrected chi connectivity index (χ3v) is 5.95. The average molecular weight is 317 g/mol. The van der Waals surface area contributed by atoms with E-state index in [0.717, 1.165) is 38.2 Å². The molecule has 5 nitrogen and oxygen atoms in total. The Kier molecular flexibility index (Phi) is 3.02. The first-order valence-corrected chi connectivity index (χ1v) is 8.14. The Morgan fingerprint density at radius 1 is 1.26 bits per heavy atom. The summed E-state index contributed by atoms with van der Waals surface area (Å²) in [7, 11) is 0. The largest absolute Gasteiger partial charge is 0.369 e. The van der Waals surface area contributed by atoms with Crippen LogP contribution in [0.25, 0.3) is 0 Å². The van der Waals surface area contributed by atoms with E-state index in [2.05, 4.69) is 10.3 Å². The van der Waals surface area contributed by atoms with E-state index in [4.69, 9.17) is 5.73 Å². The predicted molar refractivity (Wildman–Crippen MR) is 80.7 cm³/mol. The zero-order chi connectivity index (χ0) is 16.2. The van der Waals surface area contributed by atoms with Crippen molar-refractivity contribution in [2.24, 2.45) is 23.0 Å². The zero-order valence-corrected chi connectivity index (χ0v) is 12.8. The lowest BCUT2D eigenvalue weighted by Gasteiger charge is -2.61. The number of nitrogens with zero attached hydrogens (tertiary/aromatic N) is 1. The monoisotopic (exact) mass is 317 g/mol. The van der Waals surface area contributed by atoms with Gasteiger partial charge in [0.15, 0.2) is 0 Å². The normalized spacial score (nSPS) is 37.6. The quantitative estimate of drug-likeness (QED) is 0.833. The number of halogens is 1. The Labute approximate surface area is 133 Å². The topological polar surface area (TPSA) is 85.1 Å². The summed E-state index contributed by atoms with van der Waals surface area (Å²) in [6, 6.07) is 2.64. The number of pyridine rings is 1. The second-order valence-electron chi connectivity index (χ2n) is 7.71. The van der Waals surface area contributed by atoms with E-state index in [1.165, 1.54) is 12.3 Å². The van der Waals surface area contributed by atoms with Gasteiger partial charge in [0.1, 0.15) is 0 Å². The minimum atomic E-state index is -0.670. The van der Waals surface area contributed by atoms with Crippen LogP contribution in [0.5, 0.6) is 0 Å². The summed E-state index contributed by atoms with van der Waals surface area (Å²) < 4.78 is 13.2. The maximum Gasteiger partial charge on any atom is 0.251 e. The molecule has 2 amide bonds. The third kappa shape index (κ3) is 2.31. The van der Waals surface area contributed by atoms with Gasteiger partial charge in [-0.1, -0.05) is 0 Å². The maximum absolute atomic E-state index is 13.2. The summed E-state index contributed by atoms with van der Waals surface area (Å²) in [6.07, 6.45) is 6.49. The van der Waals surface area contributed by atoms with E-state index in [1.807, 2.05) is 0 Å². The van der Waals surface area contributed by atoms with Crippen molar-refractivity contribution in [3.63, 3.8) is 0 Å². The number of hydrogen-bond acceptors (Lipinski definition) is 3. The van der Waals surface area contributed by atoms with Crippen LogP contribution < -0.4 is 11.1 Å². The summed E-state index contributed by atoms with van der Waals surface area (Å²) in [5.74, 6) is -0.318. The van der Waals surface area contributed by atoms with Gasteiger partial charge in [-0.05, 0) is 56.4 Å². The van der Waals surface area contributed by atoms with Crippen LogP contribution in [0.4, 0.5) is 4.39 Å². The highest BCUT2D eigenvalue weighted by molar-refractivity contribution is 5.94. The van der Waals surface area contributed by atoms with Crippen LogP contribution in [0.2, 0.25) is 0 Å². The summed E-state index contributed by atoms with van der Waals surface area (Å²) in [4.78, 5) is 28.1. The van der Waals surface area contributed by atoms with Gasteiger partial charge in [-0.2, -0.15) is 4.39 Å². The molecule has 2 unspecified atom stereocenters. The van der Waals surface area contributed by atoms with Crippen LogP contribution >= 0.6 is 0 Å². The fourth-order valence-corrected chi connectivity index (χ4v) is 5.55. The van der Waals surface area contributed by atoms with Gasteiger partial charge in [0.05, 0.1) is 5.41 Å². The number of amides is 2. The van der Waals surface area contributed by atoms with Crippen LogP contribution in [0, 0.1) is 23.2 Å². The van der Waals surface area contributed by atoms with Gasteiger partial charge < -0.3 is 11.1 Å². The highest BCUT2D eigenvalue weighted by Crippen LogP contribution is 2.61. The molecule has 4 saturated carbocycles. The number of nitrogens with two attached hydrogens (primary N) is 1. The number of aromatic nitrogens is 1. The molecule has 23 heavy (non-hydrogen) atoms. The van der Waals surface area contributed by atoms with Crippen molar-refractivity contribution < 1.29 is 14.0 Å². The zero-order valence-electron chi connectivity index (χ0n) is 12.8. The molecule has 4 fully saturated rings. The highest BCUT2D eigenvalue weighted by atomic mass is 19.1. The number of nitrogens with one attached hydrogen (secondary N) is 1. The van der Waals surface area contributed by atoms with E-state index in [1.54, 1.807) is 0 Å². The minimum Gasteiger partial charge on any atom is -0.369 e. The number of rotatable bonds is 3. The van der Waals surface area contributed by atoms with Crippen LogP contribution in [-0.2, 0) is 4.79 Å². The molecule has 4 aliphatic rings. The number of carbonyl (C=O) groups is 2. The number of carbonyl (C=O) groups excluding carboxylic acids is 2. The van der Waals surface area contributed by atoms with Crippen molar-refractivity contribution in [2.45, 2.75) is 44.1 Å². The first-order valence-electron chi connectivity index (χ1n) is 8.14. The smallest absolute Gasteiger partial charge is 0.251 e. The Bertz CT molecular complexity index is 676. The fraction of sp³-hybridized carbons (Fsp3) is 0.588. The lowest BCUT2D eigenvalue weighted by Crippen LogP contribution is -2.65. The fourth-order valence-electron chi connectivity index (χ4n) is 5.55. The van der Waals surface area contributed by atoms with Crippen LogP contribution in [0.1, 0.15) is 48.9 Å². The molecule has 1 aromatic rings. The van der Waals surface area contributed by atoms with E-state index in [0.29, 0.717) is 18.3 Å². The van der Waals surface area contributed by atoms with Crippen molar-refractivity contribution in [3.8, 4) is 0 Å². The molecule has 122 valence electrons. The van der Waals surface area contributed by atoms with Crippen molar-refractivity contribution in [1.29, 1.82) is 0 Å². The first-order chi connectivity index (χ1) is 10.9. The van der Waals surface area contributed by atoms with Crippen LogP contribution in [-0.4, -0.2) is 22.3 Å². The molecule has 0 spiro atoms. The number of primary amides is 1. The molecule has 0 aliphatic heterocycles. The van der Waals surface area contributed by atoms with Crippen LogP contribution in [0.3, 0.4) is 0 Å². The van der Waals surface area contributed by atoms with Gasteiger partial charge >= 0.3 is 0 Å². The SMILES string of the molecule is NC(=O)C12CC3CC(CC(NC(=O)c4ccnc(F)c4)(C3)C1)C2. The highest BCUT2D eigenvalue weighted by Gasteiger charge is 2.60. The van der Waals surface area contributed by atoms with E-state index >= 15 is 0 Å². The molecule has 3 N–H and O–H groups in total. The Morgan fingerprint density at radius 3 is 2.57 bits per heavy atom. The Balaban J connectivity index is 1.61. The summed E-state index contributed by atoms with van der Waals surface area (Å²) in [6.45, 7) is 0. The molecule has 5 rings (SSSR count). The summed E-state index contributed by atoms with van der Waals surface area (Å²) in [5.41, 5.74) is 5.12. The second kappa shape index (κ2) is 4.76. The molecular weight excluding hydrogens is 297 g/mol. The number of hydrogen-bond donors (Lipinski definition) is 2. The van der Waals surface area contributed by atoms with Gasteiger partial charge in [-0.25, -0.2) is 4.98 Å².